The van der Waals surface area contributed by atoms with Gasteiger partial charge in [-0.05, 0) is 65.2 Å². The molecule has 7 heteroatoms. The molecule has 3 aromatic rings. The molecule has 6 nitrogen and oxygen atoms in total. The van der Waals surface area contributed by atoms with E-state index in [2.05, 4.69) is 56.5 Å². The molecule has 0 aliphatic rings. The fourth-order valence-electron chi connectivity index (χ4n) is 2.81. The lowest BCUT2D eigenvalue weighted by Gasteiger charge is -2.17. The van der Waals surface area contributed by atoms with Crippen LogP contribution < -0.4 is 14.8 Å². The third-order valence-electron chi connectivity index (χ3n) is 4.27. The second-order valence-electron chi connectivity index (χ2n) is 6.08. The molecular weight excluding hydrogens is 408 g/mol. The number of ether oxygens (including phenoxy) is 2. The molecule has 0 saturated heterocycles. The van der Waals surface area contributed by atoms with E-state index in [1.165, 1.54) is 11.9 Å². The number of nitrogens with one attached hydrogen (secondary N) is 1. The molecule has 1 atom stereocenters. The summed E-state index contributed by atoms with van der Waals surface area (Å²) in [6.45, 7) is 5.41. The van der Waals surface area contributed by atoms with Crippen molar-refractivity contribution in [1.82, 2.24) is 20.1 Å². The zero-order valence-corrected chi connectivity index (χ0v) is 17.2. The van der Waals surface area contributed by atoms with Crippen LogP contribution in [0.3, 0.4) is 0 Å². The van der Waals surface area contributed by atoms with E-state index < -0.39 is 0 Å². The summed E-state index contributed by atoms with van der Waals surface area (Å²) < 4.78 is 13.7. The van der Waals surface area contributed by atoms with Crippen molar-refractivity contribution in [3.63, 3.8) is 0 Å². The molecule has 0 saturated carbocycles. The van der Waals surface area contributed by atoms with Gasteiger partial charge in [-0.25, -0.2) is 9.67 Å². The van der Waals surface area contributed by atoms with Gasteiger partial charge in [0.25, 0.3) is 0 Å². The highest BCUT2D eigenvalue weighted by molar-refractivity contribution is 9.10. The Labute approximate surface area is 167 Å². The first kappa shape index (κ1) is 19.4. The normalized spacial score (nSPS) is 12.0. The second-order valence-corrected chi connectivity index (χ2v) is 6.93. The maximum atomic E-state index is 5.65. The van der Waals surface area contributed by atoms with E-state index >= 15 is 0 Å². The van der Waals surface area contributed by atoms with Crippen LogP contribution in [0.15, 0.2) is 53.5 Å². The number of methoxy groups -OCH3 is 1. The van der Waals surface area contributed by atoms with Crippen molar-refractivity contribution < 1.29 is 9.47 Å². The molecule has 0 aliphatic carbocycles. The molecule has 1 aromatic heterocycles. The molecule has 3 rings (SSSR count). The topological polar surface area (TPSA) is 61.2 Å². The third-order valence-corrected chi connectivity index (χ3v) is 4.86. The van der Waals surface area contributed by atoms with Gasteiger partial charge in [0.15, 0.2) is 11.5 Å². The molecule has 1 heterocycles. The Hall–Kier alpha value is -2.38. The van der Waals surface area contributed by atoms with Crippen molar-refractivity contribution in [3.8, 4) is 17.2 Å². The average molecular weight is 431 g/mol. The summed E-state index contributed by atoms with van der Waals surface area (Å²) in [5.41, 5.74) is 3.31. The molecule has 1 unspecified atom stereocenters. The molecule has 0 bridgehead atoms. The van der Waals surface area contributed by atoms with Crippen molar-refractivity contribution in [3.05, 3.63) is 64.7 Å². The van der Waals surface area contributed by atoms with Crippen molar-refractivity contribution in [1.29, 1.82) is 0 Å². The van der Waals surface area contributed by atoms with Crippen LogP contribution in [0, 0.1) is 0 Å². The van der Waals surface area contributed by atoms with Gasteiger partial charge in [-0.3, -0.25) is 0 Å². The Bertz CT molecular complexity index is 866. The number of hydrogen-bond acceptors (Lipinski definition) is 5. The first-order valence-corrected chi connectivity index (χ1v) is 9.59. The van der Waals surface area contributed by atoms with Crippen LogP contribution in [0.4, 0.5) is 0 Å². The summed E-state index contributed by atoms with van der Waals surface area (Å²) in [4.78, 5) is 3.97. The lowest BCUT2D eigenvalue weighted by atomic mass is 10.1. The predicted octanol–water partition coefficient (Wildman–Crippen LogP) is 4.29. The minimum absolute atomic E-state index is 0.200. The highest BCUT2D eigenvalue weighted by atomic mass is 79.9. The molecule has 0 aliphatic heterocycles. The first-order valence-electron chi connectivity index (χ1n) is 8.80. The van der Waals surface area contributed by atoms with Crippen molar-refractivity contribution >= 4 is 15.9 Å². The van der Waals surface area contributed by atoms with Crippen LogP contribution in [0.5, 0.6) is 11.5 Å². The number of halogens is 1. The standard InChI is InChI=1S/C20H23BrN4O2/c1-4-27-20-18(21)9-15(10-19(20)26-3)11-23-14(2)16-5-7-17(8-6-16)25-13-22-12-24-25/h5-10,12-14,23H,4,11H2,1-3H3. The fourth-order valence-corrected chi connectivity index (χ4v) is 3.41. The van der Waals surface area contributed by atoms with E-state index in [-0.39, 0.29) is 6.04 Å². The number of rotatable bonds is 8. The van der Waals surface area contributed by atoms with Crippen molar-refractivity contribution in [2.45, 2.75) is 26.4 Å². The van der Waals surface area contributed by atoms with Crippen LogP contribution in [-0.4, -0.2) is 28.5 Å². The van der Waals surface area contributed by atoms with E-state index in [0.29, 0.717) is 13.2 Å². The van der Waals surface area contributed by atoms with Crippen LogP contribution in [-0.2, 0) is 6.54 Å². The average Bonchev–Trinajstić information content (AvgIpc) is 3.23. The zero-order chi connectivity index (χ0) is 19.2. The number of aromatic nitrogens is 3. The van der Waals surface area contributed by atoms with E-state index in [1.54, 1.807) is 18.1 Å². The maximum Gasteiger partial charge on any atom is 0.175 e. The quantitative estimate of drug-likeness (QED) is 0.577. The molecule has 27 heavy (non-hydrogen) atoms. The van der Waals surface area contributed by atoms with E-state index in [4.69, 9.17) is 9.47 Å². The molecule has 1 N–H and O–H groups in total. The SMILES string of the molecule is CCOc1c(Br)cc(CNC(C)c2ccc(-n3cncn3)cc2)cc1OC. The van der Waals surface area contributed by atoms with Gasteiger partial charge in [-0.1, -0.05) is 12.1 Å². The Morgan fingerprint density at radius 2 is 2.00 bits per heavy atom. The van der Waals surface area contributed by atoms with Crippen LogP contribution in [0.2, 0.25) is 0 Å². The number of hydrogen-bond donors (Lipinski definition) is 1. The summed E-state index contributed by atoms with van der Waals surface area (Å²) in [5, 5.41) is 7.69. The molecule has 0 fully saturated rings. The highest BCUT2D eigenvalue weighted by Crippen LogP contribution is 2.36. The summed E-state index contributed by atoms with van der Waals surface area (Å²) >= 11 is 3.57. The van der Waals surface area contributed by atoms with E-state index in [0.717, 1.165) is 27.2 Å². The lowest BCUT2D eigenvalue weighted by Crippen LogP contribution is -2.18. The minimum Gasteiger partial charge on any atom is -0.493 e. The monoisotopic (exact) mass is 430 g/mol. The van der Waals surface area contributed by atoms with Crippen LogP contribution in [0.1, 0.15) is 31.0 Å². The zero-order valence-electron chi connectivity index (χ0n) is 15.6. The van der Waals surface area contributed by atoms with Gasteiger partial charge in [0, 0.05) is 12.6 Å². The Kier molecular flexibility index (Phi) is 6.47. The van der Waals surface area contributed by atoms with Gasteiger partial charge in [0.05, 0.1) is 23.9 Å². The lowest BCUT2D eigenvalue weighted by molar-refractivity contribution is 0.308. The first-order chi connectivity index (χ1) is 13.1. The van der Waals surface area contributed by atoms with Crippen molar-refractivity contribution in [2.24, 2.45) is 0 Å². The van der Waals surface area contributed by atoms with E-state index in [1.807, 2.05) is 25.1 Å². The molecule has 142 valence electrons. The molecule has 0 amide bonds. The maximum absolute atomic E-state index is 5.65. The molecule has 0 spiro atoms. The second kappa shape index (κ2) is 9.01. The molecule has 2 aromatic carbocycles. The summed E-state index contributed by atoms with van der Waals surface area (Å²) in [5.74, 6) is 1.47. The summed E-state index contributed by atoms with van der Waals surface area (Å²) in [6, 6.07) is 12.5. The molecular formula is C20H23BrN4O2. The minimum atomic E-state index is 0.200. The van der Waals surface area contributed by atoms with Crippen molar-refractivity contribution in [2.75, 3.05) is 13.7 Å². The number of benzene rings is 2. The van der Waals surface area contributed by atoms with Gasteiger partial charge < -0.3 is 14.8 Å². The van der Waals surface area contributed by atoms with Gasteiger partial charge >= 0.3 is 0 Å². The van der Waals surface area contributed by atoms with Crippen LogP contribution >= 0.6 is 15.9 Å². The number of nitrogens with zero attached hydrogens (tertiary/aromatic N) is 3. The van der Waals surface area contributed by atoms with Gasteiger partial charge in [-0.2, -0.15) is 5.10 Å². The largest absolute Gasteiger partial charge is 0.493 e. The third kappa shape index (κ3) is 4.67. The predicted molar refractivity (Wildman–Crippen MR) is 108 cm³/mol. The van der Waals surface area contributed by atoms with Gasteiger partial charge in [0.2, 0.25) is 0 Å². The molecule has 0 radical (unpaired) electrons. The highest BCUT2D eigenvalue weighted by Gasteiger charge is 2.12. The van der Waals surface area contributed by atoms with Gasteiger partial charge in [0.1, 0.15) is 12.7 Å². The summed E-state index contributed by atoms with van der Waals surface area (Å²) in [6.07, 6.45) is 3.22. The smallest absolute Gasteiger partial charge is 0.175 e. The Morgan fingerprint density at radius 1 is 1.22 bits per heavy atom. The fraction of sp³-hybridized carbons (Fsp3) is 0.300. The Balaban J connectivity index is 1.66. The summed E-state index contributed by atoms with van der Waals surface area (Å²) in [7, 11) is 1.65. The van der Waals surface area contributed by atoms with E-state index in [9.17, 15) is 0 Å². The Morgan fingerprint density at radius 3 is 2.63 bits per heavy atom. The van der Waals surface area contributed by atoms with Crippen LogP contribution in [0.25, 0.3) is 5.69 Å². The van der Waals surface area contributed by atoms with Gasteiger partial charge in [-0.15, -0.1) is 0 Å².